The van der Waals surface area contributed by atoms with E-state index >= 15 is 0 Å². The van der Waals surface area contributed by atoms with E-state index in [0.29, 0.717) is 13.1 Å². The third-order valence-electron chi connectivity index (χ3n) is 5.72. The van der Waals surface area contributed by atoms with Gasteiger partial charge in [0, 0.05) is 31.9 Å². The third-order valence-corrected chi connectivity index (χ3v) is 5.72. The number of carbonyl (C=O) groups excluding carboxylic acids is 1. The van der Waals surface area contributed by atoms with Gasteiger partial charge in [-0.2, -0.15) is 5.26 Å². The summed E-state index contributed by atoms with van der Waals surface area (Å²) in [7, 11) is 0. The summed E-state index contributed by atoms with van der Waals surface area (Å²) in [6.45, 7) is 2.89. The minimum absolute atomic E-state index is 0.0363. The quantitative estimate of drug-likeness (QED) is 0.660. The highest BCUT2D eigenvalue weighted by Gasteiger charge is 2.32. The van der Waals surface area contributed by atoms with Crippen molar-refractivity contribution in [3.8, 4) is 6.07 Å². The molecule has 1 saturated heterocycles. The molecule has 156 valence electrons. The Morgan fingerprint density at radius 2 is 1.23 bits per heavy atom. The Morgan fingerprint density at radius 1 is 0.742 bits per heavy atom. The largest absolute Gasteiger partial charge is 0.324 e. The highest BCUT2D eigenvalue weighted by Crippen LogP contribution is 2.27. The van der Waals surface area contributed by atoms with Gasteiger partial charge in [-0.05, 0) is 23.3 Å². The molecule has 1 fully saturated rings. The number of nitriles is 1. The summed E-state index contributed by atoms with van der Waals surface area (Å²) < 4.78 is 0. The number of carbonyl (C=O) groups is 1. The maximum atomic E-state index is 13.3. The van der Waals surface area contributed by atoms with Crippen molar-refractivity contribution < 1.29 is 4.79 Å². The first-order valence-corrected chi connectivity index (χ1v) is 10.6. The number of amides is 1. The molecule has 3 aromatic rings. The number of rotatable bonds is 6. The summed E-state index contributed by atoms with van der Waals surface area (Å²) in [6.07, 6.45) is 0. The summed E-state index contributed by atoms with van der Waals surface area (Å²) in [5, 5.41) is 12.8. The summed E-state index contributed by atoms with van der Waals surface area (Å²) in [5.41, 5.74) is 2.78. The highest BCUT2D eigenvalue weighted by atomic mass is 16.2. The van der Waals surface area contributed by atoms with Gasteiger partial charge < -0.3 is 5.32 Å². The lowest BCUT2D eigenvalue weighted by molar-refractivity contribution is -0.122. The van der Waals surface area contributed by atoms with Crippen LogP contribution in [0, 0.1) is 11.3 Å². The van der Waals surface area contributed by atoms with Crippen LogP contribution in [0.1, 0.15) is 23.2 Å². The number of nitrogens with one attached hydrogen (secondary N) is 1. The number of para-hydroxylation sites is 1. The fraction of sp³-hybridized carbons (Fsp3) is 0.231. The van der Waals surface area contributed by atoms with Gasteiger partial charge in [-0.3, -0.25) is 14.6 Å². The standard InChI is InChI=1S/C26H26N4O/c27-20-24(21-10-4-1-5-11-21)29-16-18-30(19-17-29)25(22-12-6-2-7-13-22)26(31)28-23-14-8-3-9-15-23/h1-15,24-25H,16-19H2,(H,28,31). The Morgan fingerprint density at radius 3 is 1.77 bits per heavy atom. The maximum absolute atomic E-state index is 13.3. The Labute approximate surface area is 183 Å². The van der Waals surface area contributed by atoms with E-state index in [1.54, 1.807) is 0 Å². The van der Waals surface area contributed by atoms with Crippen LogP contribution in [0.4, 0.5) is 5.69 Å². The molecule has 0 aliphatic carbocycles. The monoisotopic (exact) mass is 410 g/mol. The first-order chi connectivity index (χ1) is 15.3. The average Bonchev–Trinajstić information content (AvgIpc) is 2.83. The molecule has 1 amide bonds. The van der Waals surface area contributed by atoms with Crippen molar-refractivity contribution in [2.75, 3.05) is 31.5 Å². The maximum Gasteiger partial charge on any atom is 0.246 e. The molecule has 1 N–H and O–H groups in total. The van der Waals surface area contributed by atoms with Gasteiger partial charge in [0.25, 0.3) is 0 Å². The van der Waals surface area contributed by atoms with Gasteiger partial charge >= 0.3 is 0 Å². The van der Waals surface area contributed by atoms with Gasteiger partial charge in [-0.1, -0.05) is 78.9 Å². The van der Waals surface area contributed by atoms with E-state index in [1.165, 1.54) is 0 Å². The van der Waals surface area contributed by atoms with Crippen molar-refractivity contribution in [2.45, 2.75) is 12.1 Å². The molecule has 31 heavy (non-hydrogen) atoms. The molecule has 4 rings (SSSR count). The Kier molecular flexibility index (Phi) is 6.73. The van der Waals surface area contributed by atoms with Crippen LogP contribution in [-0.4, -0.2) is 41.9 Å². The highest BCUT2D eigenvalue weighted by molar-refractivity contribution is 5.95. The molecular weight excluding hydrogens is 384 g/mol. The predicted molar refractivity (Wildman–Crippen MR) is 122 cm³/mol. The molecule has 0 spiro atoms. The lowest BCUT2D eigenvalue weighted by atomic mass is 10.0. The normalized spacial score (nSPS) is 16.7. The SMILES string of the molecule is N#CC(c1ccccc1)N1CCN(C(C(=O)Nc2ccccc2)c2ccccc2)CC1. The minimum Gasteiger partial charge on any atom is -0.324 e. The van der Waals surface area contributed by atoms with E-state index in [-0.39, 0.29) is 18.0 Å². The smallest absolute Gasteiger partial charge is 0.246 e. The Bertz CT molecular complexity index is 1010. The molecule has 1 aliphatic rings. The summed E-state index contributed by atoms with van der Waals surface area (Å²) in [6, 6.07) is 31.2. The number of hydrogen-bond donors (Lipinski definition) is 1. The topological polar surface area (TPSA) is 59.4 Å². The molecule has 1 heterocycles. The van der Waals surface area contributed by atoms with Crippen LogP contribution in [-0.2, 0) is 4.79 Å². The molecule has 0 radical (unpaired) electrons. The zero-order chi connectivity index (χ0) is 21.5. The van der Waals surface area contributed by atoms with E-state index in [1.807, 2.05) is 91.0 Å². The molecule has 5 heteroatoms. The average molecular weight is 411 g/mol. The number of nitrogens with zero attached hydrogens (tertiary/aromatic N) is 3. The Hall–Kier alpha value is -3.46. The van der Waals surface area contributed by atoms with Crippen molar-refractivity contribution in [2.24, 2.45) is 0 Å². The van der Waals surface area contributed by atoms with Crippen LogP contribution in [0.3, 0.4) is 0 Å². The number of piperazine rings is 1. The van der Waals surface area contributed by atoms with Crippen molar-refractivity contribution in [1.82, 2.24) is 9.80 Å². The Balaban J connectivity index is 1.50. The van der Waals surface area contributed by atoms with Crippen LogP contribution in [0.15, 0.2) is 91.0 Å². The zero-order valence-electron chi connectivity index (χ0n) is 17.4. The number of anilines is 1. The molecule has 0 aromatic heterocycles. The number of hydrogen-bond acceptors (Lipinski definition) is 4. The van der Waals surface area contributed by atoms with Gasteiger partial charge in [0.15, 0.2) is 0 Å². The van der Waals surface area contributed by atoms with Crippen LogP contribution < -0.4 is 5.32 Å². The fourth-order valence-electron chi connectivity index (χ4n) is 4.15. The molecule has 0 bridgehead atoms. The molecular formula is C26H26N4O. The predicted octanol–water partition coefficient (Wildman–Crippen LogP) is 4.25. The van der Waals surface area contributed by atoms with Gasteiger partial charge in [0.05, 0.1) is 6.07 Å². The van der Waals surface area contributed by atoms with Crippen LogP contribution in [0.5, 0.6) is 0 Å². The van der Waals surface area contributed by atoms with Crippen molar-refractivity contribution in [1.29, 1.82) is 5.26 Å². The van der Waals surface area contributed by atoms with Gasteiger partial charge in [0.2, 0.25) is 5.91 Å². The molecule has 1 aliphatic heterocycles. The van der Waals surface area contributed by atoms with Crippen molar-refractivity contribution >= 4 is 11.6 Å². The number of benzene rings is 3. The van der Waals surface area contributed by atoms with Crippen molar-refractivity contribution in [3.05, 3.63) is 102 Å². The summed E-state index contributed by atoms with van der Waals surface area (Å²) in [4.78, 5) is 17.7. The fourth-order valence-corrected chi connectivity index (χ4v) is 4.15. The molecule has 5 nitrogen and oxygen atoms in total. The van der Waals surface area contributed by atoms with E-state index in [9.17, 15) is 10.1 Å². The zero-order valence-corrected chi connectivity index (χ0v) is 17.4. The lowest BCUT2D eigenvalue weighted by Crippen LogP contribution is -2.50. The second-order valence-electron chi connectivity index (χ2n) is 7.68. The third kappa shape index (κ3) is 5.00. The van der Waals surface area contributed by atoms with Crippen LogP contribution in [0.25, 0.3) is 0 Å². The molecule has 3 aromatic carbocycles. The summed E-state index contributed by atoms with van der Waals surface area (Å²) in [5.74, 6) is -0.0363. The second-order valence-corrected chi connectivity index (χ2v) is 7.68. The second kappa shape index (κ2) is 10.0. The van der Waals surface area contributed by atoms with E-state index < -0.39 is 0 Å². The van der Waals surface area contributed by atoms with Crippen LogP contribution in [0.2, 0.25) is 0 Å². The van der Waals surface area contributed by atoms with E-state index in [0.717, 1.165) is 29.9 Å². The van der Waals surface area contributed by atoms with Crippen molar-refractivity contribution in [3.63, 3.8) is 0 Å². The first-order valence-electron chi connectivity index (χ1n) is 10.6. The van der Waals surface area contributed by atoms with E-state index in [2.05, 4.69) is 21.2 Å². The van der Waals surface area contributed by atoms with Gasteiger partial charge in [-0.25, -0.2) is 0 Å². The molecule has 2 atom stereocenters. The van der Waals surface area contributed by atoms with Gasteiger partial charge in [0.1, 0.15) is 12.1 Å². The molecule has 2 unspecified atom stereocenters. The lowest BCUT2D eigenvalue weighted by Gasteiger charge is -2.40. The first kappa shape index (κ1) is 20.8. The molecule has 0 saturated carbocycles. The van der Waals surface area contributed by atoms with E-state index in [4.69, 9.17) is 0 Å². The van der Waals surface area contributed by atoms with Gasteiger partial charge in [-0.15, -0.1) is 0 Å². The summed E-state index contributed by atoms with van der Waals surface area (Å²) >= 11 is 0. The van der Waals surface area contributed by atoms with Crippen LogP contribution >= 0.6 is 0 Å². The minimum atomic E-state index is -0.374.